The molecule has 0 aliphatic carbocycles. The van der Waals surface area contributed by atoms with Crippen LogP contribution >= 0.6 is 0 Å². The number of nitrogens with one attached hydrogen (secondary N) is 2. The van der Waals surface area contributed by atoms with E-state index in [-0.39, 0.29) is 36.4 Å². The summed E-state index contributed by atoms with van der Waals surface area (Å²) in [5.74, 6) is -1.53. The zero-order chi connectivity index (χ0) is 30.9. The van der Waals surface area contributed by atoms with Gasteiger partial charge in [0.2, 0.25) is 23.6 Å². The molecule has 3 N–H and O–H groups in total. The number of rotatable bonds is 9. The number of carbonyl (C=O) groups excluding carboxylic acids is 4. The number of aromatic carboxylic acids is 1. The molecule has 2 aromatic heterocycles. The molecule has 0 radical (unpaired) electrons. The quantitative estimate of drug-likeness (QED) is 0.308. The number of pyridine rings is 1. The molecule has 1 aromatic carbocycles. The Kier molecular flexibility index (Phi) is 9.93. The zero-order valence-corrected chi connectivity index (χ0v) is 23.5. The van der Waals surface area contributed by atoms with Crippen LogP contribution in [0.5, 0.6) is 11.8 Å². The van der Waals surface area contributed by atoms with Gasteiger partial charge in [0.1, 0.15) is 6.04 Å². The van der Waals surface area contributed by atoms with Crippen LogP contribution in [0.15, 0.2) is 48.7 Å². The maximum Gasteiger partial charge on any atom is 0.356 e. The fourth-order valence-corrected chi connectivity index (χ4v) is 4.43. The van der Waals surface area contributed by atoms with E-state index >= 15 is 0 Å². The number of hydrogen-bond acceptors (Lipinski definition) is 10. The van der Waals surface area contributed by atoms with Crippen molar-refractivity contribution in [1.82, 2.24) is 30.7 Å². The van der Waals surface area contributed by atoms with Gasteiger partial charge in [-0.05, 0) is 49.6 Å². The molecule has 1 atom stereocenters. The third kappa shape index (κ3) is 7.67. The van der Waals surface area contributed by atoms with E-state index in [2.05, 4.69) is 25.8 Å². The number of carboxylic acids is 1. The average molecular weight is 591 g/mol. The first-order chi connectivity index (χ1) is 20.7. The van der Waals surface area contributed by atoms with E-state index in [1.165, 1.54) is 23.2 Å². The van der Waals surface area contributed by atoms with Crippen LogP contribution in [0, 0.1) is 0 Å². The molecule has 43 heavy (non-hydrogen) atoms. The number of piperidine rings is 1. The highest BCUT2D eigenvalue weighted by atomic mass is 16.5. The molecule has 2 aliphatic heterocycles. The molecular weight excluding hydrogens is 560 g/mol. The molecule has 1 fully saturated rings. The summed E-state index contributed by atoms with van der Waals surface area (Å²) in [7, 11) is 0. The number of fused-ring (bicyclic) bond motifs is 1. The highest BCUT2D eigenvalue weighted by Gasteiger charge is 2.39. The summed E-state index contributed by atoms with van der Waals surface area (Å²) in [4.78, 5) is 64.5. The molecule has 1 saturated heterocycles. The maximum atomic E-state index is 12.7. The first-order valence-corrected chi connectivity index (χ1v) is 13.5. The van der Waals surface area contributed by atoms with Crippen LogP contribution in [0.1, 0.15) is 69.0 Å². The number of carbonyl (C=O) groups is 5. The van der Waals surface area contributed by atoms with Crippen LogP contribution < -0.4 is 20.1 Å². The Hall–Kier alpha value is -5.40. The van der Waals surface area contributed by atoms with E-state index in [0.717, 1.165) is 11.1 Å². The second-order valence-electron chi connectivity index (χ2n) is 9.39. The molecule has 224 valence electrons. The smallest absolute Gasteiger partial charge is 0.356 e. The van der Waals surface area contributed by atoms with Gasteiger partial charge in [0.05, 0.1) is 18.8 Å². The van der Waals surface area contributed by atoms with Crippen LogP contribution in [0.3, 0.4) is 0 Å². The summed E-state index contributed by atoms with van der Waals surface area (Å²) in [5.41, 5.74) is 2.51. The lowest BCUT2D eigenvalue weighted by molar-refractivity contribution is -0.136. The van der Waals surface area contributed by atoms with Crippen LogP contribution in [0.2, 0.25) is 0 Å². The van der Waals surface area contributed by atoms with Gasteiger partial charge in [-0.2, -0.15) is 0 Å². The van der Waals surface area contributed by atoms with E-state index in [1.54, 1.807) is 24.3 Å². The van der Waals surface area contributed by atoms with Gasteiger partial charge in [-0.3, -0.25) is 24.5 Å². The molecule has 4 amide bonds. The molecule has 14 nitrogen and oxygen atoms in total. The third-order valence-corrected chi connectivity index (χ3v) is 6.48. The van der Waals surface area contributed by atoms with Crippen molar-refractivity contribution in [2.24, 2.45) is 0 Å². The minimum atomic E-state index is -1.09. The molecule has 0 spiro atoms. The highest BCUT2D eigenvalue weighted by Crippen LogP contribution is 2.28. The Morgan fingerprint density at radius 1 is 1.02 bits per heavy atom. The standard InChI is InChI=1S/C22H22N4O5.C7H8N2O3/c1-2-31-19-8-4-14(11-23-19)20(28)24-10-13-3-5-16-15(9-13)12-26(22(16)30)17-6-7-18(27)25-21(17)29;1-2-12-6-4-3-5(7(10)11)8-9-6/h3-5,8-9,11,17H,2,6-7,10,12H2,1H3,(H,24,28)(H,25,27,29);3-4H,2H2,1H3,(H,10,11). The van der Waals surface area contributed by atoms with Gasteiger partial charge >= 0.3 is 5.97 Å². The minimum absolute atomic E-state index is 0.0848. The molecule has 0 bridgehead atoms. The molecule has 2 aliphatic rings. The van der Waals surface area contributed by atoms with Crippen molar-refractivity contribution in [3.8, 4) is 11.8 Å². The summed E-state index contributed by atoms with van der Waals surface area (Å²) in [5, 5.41) is 20.5. The van der Waals surface area contributed by atoms with Crippen LogP contribution in [-0.4, -0.2) is 74.0 Å². The molecule has 14 heteroatoms. The fourth-order valence-electron chi connectivity index (χ4n) is 4.43. The molecule has 0 saturated carbocycles. The lowest BCUT2D eigenvalue weighted by Crippen LogP contribution is -2.52. The second-order valence-corrected chi connectivity index (χ2v) is 9.39. The predicted octanol–water partition coefficient (Wildman–Crippen LogP) is 1.74. The van der Waals surface area contributed by atoms with Crippen LogP contribution in [-0.2, 0) is 22.7 Å². The summed E-state index contributed by atoms with van der Waals surface area (Å²) in [6.07, 6.45) is 2.00. The summed E-state index contributed by atoms with van der Waals surface area (Å²) in [6, 6.07) is 10.8. The zero-order valence-electron chi connectivity index (χ0n) is 23.5. The Morgan fingerprint density at radius 2 is 1.77 bits per heavy atom. The summed E-state index contributed by atoms with van der Waals surface area (Å²) < 4.78 is 10.2. The predicted molar refractivity (Wildman–Crippen MR) is 149 cm³/mol. The highest BCUT2D eigenvalue weighted by molar-refractivity contribution is 6.05. The monoisotopic (exact) mass is 590 g/mol. The number of hydrogen-bond donors (Lipinski definition) is 3. The number of carboxylic acid groups (broad SMARTS) is 1. The number of imide groups is 1. The third-order valence-electron chi connectivity index (χ3n) is 6.48. The van der Waals surface area contributed by atoms with Crippen molar-refractivity contribution in [1.29, 1.82) is 0 Å². The number of aromatic nitrogens is 3. The molecule has 1 unspecified atom stereocenters. The number of benzene rings is 1. The minimum Gasteiger partial charge on any atom is -0.478 e. The second kappa shape index (κ2) is 14.0. The molecule has 4 heterocycles. The molecular formula is C29H30N6O8. The van der Waals surface area contributed by atoms with E-state index in [4.69, 9.17) is 14.6 Å². The van der Waals surface area contributed by atoms with Gasteiger partial charge in [0, 0.05) is 43.4 Å². The van der Waals surface area contributed by atoms with Gasteiger partial charge in [-0.15, -0.1) is 10.2 Å². The van der Waals surface area contributed by atoms with Crippen molar-refractivity contribution in [2.45, 2.75) is 45.8 Å². The van der Waals surface area contributed by atoms with Gasteiger partial charge in [0.25, 0.3) is 11.8 Å². The van der Waals surface area contributed by atoms with Crippen molar-refractivity contribution >= 4 is 29.6 Å². The van der Waals surface area contributed by atoms with Gasteiger partial charge in [-0.25, -0.2) is 9.78 Å². The van der Waals surface area contributed by atoms with Crippen molar-refractivity contribution in [2.75, 3.05) is 13.2 Å². The van der Waals surface area contributed by atoms with Gasteiger partial charge < -0.3 is 24.8 Å². The van der Waals surface area contributed by atoms with Crippen molar-refractivity contribution in [3.63, 3.8) is 0 Å². The topological polar surface area (TPSA) is 190 Å². The van der Waals surface area contributed by atoms with E-state index < -0.39 is 17.9 Å². The van der Waals surface area contributed by atoms with Crippen molar-refractivity contribution in [3.05, 3.63) is 76.6 Å². The SMILES string of the molecule is CCOc1ccc(C(=O)NCc2ccc3c(c2)CN(C2CCC(=O)NC2=O)C3=O)cn1.CCOc1ccc(C(=O)O)nn1. The van der Waals surface area contributed by atoms with E-state index in [0.29, 0.717) is 49.1 Å². The summed E-state index contributed by atoms with van der Waals surface area (Å²) in [6.45, 7) is 5.24. The number of ether oxygens (including phenoxy) is 2. The first kappa shape index (κ1) is 30.6. The lowest BCUT2D eigenvalue weighted by Gasteiger charge is -2.29. The fraction of sp³-hybridized carbons (Fsp3) is 0.310. The molecule has 3 aromatic rings. The van der Waals surface area contributed by atoms with Crippen LogP contribution in [0.25, 0.3) is 0 Å². The average Bonchev–Trinajstić information content (AvgIpc) is 3.32. The Labute approximate surface area is 246 Å². The maximum absolute atomic E-state index is 12.7. The summed E-state index contributed by atoms with van der Waals surface area (Å²) >= 11 is 0. The largest absolute Gasteiger partial charge is 0.478 e. The van der Waals surface area contributed by atoms with E-state index in [9.17, 15) is 24.0 Å². The van der Waals surface area contributed by atoms with Crippen LogP contribution in [0.4, 0.5) is 0 Å². The van der Waals surface area contributed by atoms with E-state index in [1.807, 2.05) is 19.9 Å². The lowest BCUT2D eigenvalue weighted by atomic mass is 10.0. The normalized spacial score (nSPS) is 15.5. The number of nitrogens with zero attached hydrogens (tertiary/aromatic N) is 4. The van der Waals surface area contributed by atoms with Gasteiger partial charge in [-0.1, -0.05) is 12.1 Å². The Bertz CT molecular complexity index is 1510. The van der Waals surface area contributed by atoms with Crippen molar-refractivity contribution < 1.29 is 38.6 Å². The van der Waals surface area contributed by atoms with Gasteiger partial charge in [0.15, 0.2) is 5.69 Å². The Balaban J connectivity index is 0.000000296. The number of amides is 4. The molecule has 5 rings (SSSR count). The Morgan fingerprint density at radius 3 is 2.40 bits per heavy atom. The first-order valence-electron chi connectivity index (χ1n) is 13.5.